The first-order valence-electron chi connectivity index (χ1n) is 13.4. The molecule has 0 atom stereocenters. The summed E-state index contributed by atoms with van der Waals surface area (Å²) >= 11 is 0. The number of aliphatic hydroxyl groups is 1. The molecule has 37 heavy (non-hydrogen) atoms. The van der Waals surface area contributed by atoms with Crippen LogP contribution in [0.5, 0.6) is 5.75 Å². The lowest BCUT2D eigenvalue weighted by Gasteiger charge is -2.23. The number of carbonyl (C=O) groups is 3. The second-order valence-electron chi connectivity index (χ2n) is 9.82. The van der Waals surface area contributed by atoms with Gasteiger partial charge in [-0.15, -0.1) is 0 Å². The van der Waals surface area contributed by atoms with Crippen LogP contribution in [0, 0.1) is 5.92 Å². The topological polar surface area (TPSA) is 145 Å². The SMILES string of the molecule is CCCN(CCC)CCOc1ccccc1CCC1CCCCC1.O=C(O)CC(O)(CC(=O)O)C(=O)O. The fourth-order valence-corrected chi connectivity index (χ4v) is 4.65. The number of hydrogen-bond acceptors (Lipinski definition) is 6. The fourth-order valence-electron chi connectivity index (χ4n) is 4.65. The molecule has 0 amide bonds. The Morgan fingerprint density at radius 3 is 2.00 bits per heavy atom. The van der Waals surface area contributed by atoms with Crippen LogP contribution < -0.4 is 4.74 Å². The van der Waals surface area contributed by atoms with Crippen LogP contribution in [-0.2, 0) is 20.8 Å². The third-order valence-electron chi connectivity index (χ3n) is 6.55. The third kappa shape index (κ3) is 13.5. The molecule has 0 spiro atoms. The average molecular weight is 524 g/mol. The van der Waals surface area contributed by atoms with Gasteiger partial charge in [0, 0.05) is 6.54 Å². The van der Waals surface area contributed by atoms with Crippen molar-refractivity contribution in [2.45, 2.75) is 90.1 Å². The number of ether oxygens (including phenoxy) is 1. The van der Waals surface area contributed by atoms with Crippen molar-refractivity contribution >= 4 is 17.9 Å². The van der Waals surface area contributed by atoms with E-state index in [1.54, 1.807) is 0 Å². The Morgan fingerprint density at radius 2 is 1.49 bits per heavy atom. The van der Waals surface area contributed by atoms with Gasteiger partial charge in [-0.2, -0.15) is 0 Å². The largest absolute Gasteiger partial charge is 0.492 e. The highest BCUT2D eigenvalue weighted by atomic mass is 16.5. The van der Waals surface area contributed by atoms with Crippen LogP contribution >= 0.6 is 0 Å². The predicted molar refractivity (Wildman–Crippen MR) is 141 cm³/mol. The fraction of sp³-hybridized carbons (Fsp3) is 0.679. The van der Waals surface area contributed by atoms with Crippen molar-refractivity contribution in [2.75, 3.05) is 26.2 Å². The van der Waals surface area contributed by atoms with E-state index < -0.39 is 36.4 Å². The molecule has 0 aliphatic heterocycles. The zero-order valence-corrected chi connectivity index (χ0v) is 22.4. The van der Waals surface area contributed by atoms with Gasteiger partial charge in [-0.3, -0.25) is 14.5 Å². The molecule has 4 N–H and O–H groups in total. The molecule has 0 bridgehead atoms. The van der Waals surface area contributed by atoms with E-state index in [2.05, 4.69) is 43.0 Å². The van der Waals surface area contributed by atoms with Crippen molar-refractivity contribution in [1.82, 2.24) is 4.90 Å². The number of aryl methyl sites for hydroxylation is 1. The average Bonchev–Trinajstić information content (AvgIpc) is 2.83. The van der Waals surface area contributed by atoms with Crippen LogP contribution in [0.1, 0.15) is 83.6 Å². The van der Waals surface area contributed by atoms with Crippen LogP contribution in [0.4, 0.5) is 0 Å². The molecule has 1 aromatic carbocycles. The second kappa shape index (κ2) is 17.7. The Morgan fingerprint density at radius 1 is 0.919 bits per heavy atom. The first-order chi connectivity index (χ1) is 17.6. The van der Waals surface area contributed by atoms with Crippen molar-refractivity contribution in [1.29, 1.82) is 0 Å². The van der Waals surface area contributed by atoms with E-state index in [-0.39, 0.29) is 0 Å². The van der Waals surface area contributed by atoms with Gasteiger partial charge < -0.3 is 25.2 Å². The van der Waals surface area contributed by atoms with Gasteiger partial charge in [0.15, 0.2) is 5.60 Å². The molecule has 1 saturated carbocycles. The Hall–Kier alpha value is -2.65. The highest BCUT2D eigenvalue weighted by molar-refractivity contribution is 5.88. The van der Waals surface area contributed by atoms with Gasteiger partial charge in [-0.25, -0.2) is 4.79 Å². The Labute approximate surface area is 220 Å². The second-order valence-corrected chi connectivity index (χ2v) is 9.82. The van der Waals surface area contributed by atoms with Gasteiger partial charge in [0.1, 0.15) is 12.4 Å². The predicted octanol–water partition coefficient (Wildman–Crippen LogP) is 4.45. The number of carboxylic acid groups (broad SMARTS) is 3. The molecule has 0 saturated heterocycles. The number of para-hydroxylation sites is 1. The molecule has 210 valence electrons. The summed E-state index contributed by atoms with van der Waals surface area (Å²) in [7, 11) is 0. The molecule has 0 radical (unpaired) electrons. The number of hydrogen-bond donors (Lipinski definition) is 4. The molecular formula is C28H45NO8. The molecule has 0 aromatic heterocycles. The van der Waals surface area contributed by atoms with Crippen LogP contribution in [-0.4, -0.2) is 75.1 Å². The van der Waals surface area contributed by atoms with E-state index in [1.807, 2.05) is 0 Å². The molecule has 9 heteroatoms. The molecule has 1 fully saturated rings. The lowest BCUT2D eigenvalue weighted by atomic mass is 9.85. The van der Waals surface area contributed by atoms with Crippen LogP contribution in [0.15, 0.2) is 24.3 Å². The third-order valence-corrected chi connectivity index (χ3v) is 6.55. The molecule has 9 nitrogen and oxygen atoms in total. The van der Waals surface area contributed by atoms with Crippen molar-refractivity contribution in [3.8, 4) is 5.75 Å². The van der Waals surface area contributed by atoms with Gasteiger partial charge in [0.2, 0.25) is 0 Å². The molecule has 1 aromatic rings. The van der Waals surface area contributed by atoms with Crippen molar-refractivity contribution in [2.24, 2.45) is 5.92 Å². The standard InChI is InChI=1S/C22H37NO.C6H8O7/c1-3-16-23(17-4-2)18-19-24-22-13-9-8-12-21(22)15-14-20-10-6-5-7-11-20;7-3(8)1-6(13,5(11)12)2-4(9)10/h8-9,12-13,20H,3-7,10-11,14-19H2,1-2H3;13H,1-2H2,(H,7,8)(H,9,10)(H,11,12). The zero-order valence-electron chi connectivity index (χ0n) is 22.4. The zero-order chi connectivity index (χ0) is 27.7. The Kier molecular flexibility index (Phi) is 15.5. The Bertz CT molecular complexity index is 800. The lowest BCUT2D eigenvalue weighted by molar-refractivity contribution is -0.170. The molecule has 1 aliphatic carbocycles. The normalized spacial score (nSPS) is 14.1. The molecule has 2 rings (SSSR count). The lowest BCUT2D eigenvalue weighted by Crippen LogP contribution is -2.42. The summed E-state index contributed by atoms with van der Waals surface area (Å²) in [5, 5.41) is 33.8. The molecular weight excluding hydrogens is 478 g/mol. The van der Waals surface area contributed by atoms with Crippen LogP contribution in [0.25, 0.3) is 0 Å². The summed E-state index contributed by atoms with van der Waals surface area (Å²) in [5.41, 5.74) is -1.34. The summed E-state index contributed by atoms with van der Waals surface area (Å²) in [4.78, 5) is 33.0. The van der Waals surface area contributed by atoms with Crippen molar-refractivity contribution in [3.63, 3.8) is 0 Å². The van der Waals surface area contributed by atoms with Gasteiger partial charge in [-0.05, 0) is 56.3 Å². The smallest absolute Gasteiger partial charge is 0.336 e. The molecule has 1 aliphatic rings. The van der Waals surface area contributed by atoms with E-state index in [9.17, 15) is 14.4 Å². The van der Waals surface area contributed by atoms with E-state index in [4.69, 9.17) is 25.2 Å². The minimum Gasteiger partial charge on any atom is -0.492 e. The highest BCUT2D eigenvalue weighted by Crippen LogP contribution is 2.29. The van der Waals surface area contributed by atoms with Crippen molar-refractivity contribution < 1.29 is 39.5 Å². The number of nitrogens with zero attached hydrogens (tertiary/aromatic N) is 1. The Balaban J connectivity index is 0.000000448. The van der Waals surface area contributed by atoms with E-state index in [0.717, 1.165) is 24.8 Å². The minimum atomic E-state index is -2.74. The van der Waals surface area contributed by atoms with E-state index >= 15 is 0 Å². The highest BCUT2D eigenvalue weighted by Gasteiger charge is 2.40. The van der Waals surface area contributed by atoms with E-state index in [1.165, 1.54) is 76.4 Å². The summed E-state index contributed by atoms with van der Waals surface area (Å²) < 4.78 is 6.16. The monoisotopic (exact) mass is 523 g/mol. The summed E-state index contributed by atoms with van der Waals surface area (Å²) in [5.74, 6) is -2.97. The first-order valence-corrected chi connectivity index (χ1v) is 13.4. The van der Waals surface area contributed by atoms with E-state index in [0.29, 0.717) is 0 Å². The maximum Gasteiger partial charge on any atom is 0.336 e. The number of rotatable bonds is 16. The quantitative estimate of drug-likeness (QED) is 0.247. The summed E-state index contributed by atoms with van der Waals surface area (Å²) in [6, 6.07) is 8.67. The van der Waals surface area contributed by atoms with Gasteiger partial charge >= 0.3 is 17.9 Å². The summed E-state index contributed by atoms with van der Waals surface area (Å²) in [6.07, 6.45) is 9.85. The summed E-state index contributed by atoms with van der Waals surface area (Å²) in [6.45, 7) is 8.72. The van der Waals surface area contributed by atoms with Crippen LogP contribution in [0.2, 0.25) is 0 Å². The van der Waals surface area contributed by atoms with Crippen LogP contribution in [0.3, 0.4) is 0 Å². The number of carboxylic acids is 3. The number of aliphatic carboxylic acids is 3. The minimum absolute atomic E-state index is 0.806. The van der Waals surface area contributed by atoms with Gasteiger partial charge in [-0.1, -0.05) is 64.2 Å². The molecule has 0 unspecified atom stereocenters. The number of benzene rings is 1. The van der Waals surface area contributed by atoms with Crippen molar-refractivity contribution in [3.05, 3.63) is 29.8 Å². The van der Waals surface area contributed by atoms with Gasteiger partial charge in [0.05, 0.1) is 12.8 Å². The maximum atomic E-state index is 10.3. The first kappa shape index (κ1) is 32.4. The van der Waals surface area contributed by atoms with Gasteiger partial charge in [0.25, 0.3) is 0 Å². The maximum absolute atomic E-state index is 10.3. The molecule has 0 heterocycles.